The molecular formula is C22H18F3N3O5S. The minimum absolute atomic E-state index is 0.0204. The van der Waals surface area contributed by atoms with Crippen LogP contribution in [-0.2, 0) is 22.8 Å². The summed E-state index contributed by atoms with van der Waals surface area (Å²) in [5.41, 5.74) is -0.404. The Bertz CT molecular complexity index is 1330. The van der Waals surface area contributed by atoms with E-state index in [1.54, 1.807) is 12.1 Å². The Morgan fingerprint density at radius 3 is 2.53 bits per heavy atom. The number of ether oxygens (including phenoxy) is 1. The molecule has 12 heteroatoms. The maximum absolute atomic E-state index is 13.4. The minimum atomic E-state index is -4.55. The quantitative estimate of drug-likeness (QED) is 0.577. The van der Waals surface area contributed by atoms with Crippen LogP contribution in [0, 0.1) is 0 Å². The summed E-state index contributed by atoms with van der Waals surface area (Å²) in [5, 5.41) is 11.7. The minimum Gasteiger partial charge on any atom is -0.490 e. The van der Waals surface area contributed by atoms with E-state index < -0.39 is 27.7 Å². The number of fused-ring (bicyclic) bond motifs is 1. The van der Waals surface area contributed by atoms with Gasteiger partial charge in [0, 0.05) is 5.69 Å². The topological polar surface area (TPSA) is 109 Å². The fourth-order valence-corrected chi connectivity index (χ4v) is 4.97. The lowest BCUT2D eigenvalue weighted by atomic mass is 10.2. The zero-order valence-corrected chi connectivity index (χ0v) is 18.2. The summed E-state index contributed by atoms with van der Waals surface area (Å²) in [6, 6.07) is 12.3. The number of pyridine rings is 1. The molecule has 2 heterocycles. The Morgan fingerprint density at radius 2 is 1.85 bits per heavy atom. The van der Waals surface area contributed by atoms with Gasteiger partial charge in [0.1, 0.15) is 22.9 Å². The highest BCUT2D eigenvalue weighted by atomic mass is 32.2. The summed E-state index contributed by atoms with van der Waals surface area (Å²) in [7, 11) is -4.23. The van der Waals surface area contributed by atoms with Gasteiger partial charge in [0.2, 0.25) is 0 Å². The van der Waals surface area contributed by atoms with Gasteiger partial charge in [-0.25, -0.2) is 13.4 Å². The molecule has 0 bridgehead atoms. The third-order valence-corrected chi connectivity index (χ3v) is 6.85. The normalized spacial score (nSPS) is 15.1. The van der Waals surface area contributed by atoms with Crippen molar-refractivity contribution in [1.29, 1.82) is 0 Å². The van der Waals surface area contributed by atoms with Crippen LogP contribution in [0.15, 0.2) is 65.6 Å². The fraction of sp³-hybridized carbons (Fsp3) is 0.182. The van der Waals surface area contributed by atoms with Crippen LogP contribution in [0.2, 0.25) is 0 Å². The number of hydrogen-bond donors (Lipinski definition) is 2. The first-order chi connectivity index (χ1) is 16.1. The first-order valence-electron chi connectivity index (χ1n) is 9.94. The Labute approximate surface area is 192 Å². The summed E-state index contributed by atoms with van der Waals surface area (Å²) < 4.78 is 71.9. The summed E-state index contributed by atoms with van der Waals surface area (Å²) in [6.45, 7) is -0.506. The van der Waals surface area contributed by atoms with Gasteiger partial charge in [-0.15, -0.1) is 0 Å². The summed E-state index contributed by atoms with van der Waals surface area (Å²) in [6.07, 6.45) is -4.55. The molecule has 4 rings (SSSR count). The van der Waals surface area contributed by atoms with E-state index in [2.05, 4.69) is 10.3 Å². The van der Waals surface area contributed by atoms with Crippen molar-refractivity contribution in [2.75, 3.05) is 22.8 Å². The second-order valence-corrected chi connectivity index (χ2v) is 9.09. The number of alkyl halides is 3. The second kappa shape index (κ2) is 8.95. The number of rotatable bonds is 4. The number of halogens is 3. The molecule has 2 N–H and O–H groups in total. The van der Waals surface area contributed by atoms with Crippen LogP contribution in [0.25, 0.3) is 0 Å². The van der Waals surface area contributed by atoms with Crippen molar-refractivity contribution in [3.8, 4) is 5.75 Å². The van der Waals surface area contributed by atoms with Crippen LogP contribution in [0.3, 0.4) is 0 Å². The third kappa shape index (κ3) is 4.68. The van der Waals surface area contributed by atoms with E-state index in [1.165, 1.54) is 24.3 Å². The van der Waals surface area contributed by atoms with E-state index >= 15 is 0 Å². The molecule has 1 aromatic heterocycles. The molecule has 1 amide bonds. The van der Waals surface area contributed by atoms with E-state index in [-0.39, 0.29) is 53.2 Å². The molecule has 0 spiro atoms. The number of aromatic nitrogens is 1. The molecule has 3 aromatic rings. The van der Waals surface area contributed by atoms with Crippen molar-refractivity contribution in [3.63, 3.8) is 0 Å². The second-order valence-electron chi connectivity index (χ2n) is 7.26. The molecule has 0 atom stereocenters. The first kappa shape index (κ1) is 23.5. The van der Waals surface area contributed by atoms with Crippen molar-refractivity contribution in [2.45, 2.75) is 17.7 Å². The molecule has 8 nitrogen and oxygen atoms in total. The van der Waals surface area contributed by atoms with Gasteiger partial charge in [-0.3, -0.25) is 9.10 Å². The number of nitrogens with one attached hydrogen (secondary N) is 1. The van der Waals surface area contributed by atoms with Gasteiger partial charge in [-0.1, -0.05) is 6.07 Å². The number of hydrogen-bond acceptors (Lipinski definition) is 6. The molecule has 178 valence electrons. The molecule has 2 aromatic carbocycles. The molecule has 34 heavy (non-hydrogen) atoms. The Hall–Kier alpha value is -3.64. The molecule has 0 radical (unpaired) electrons. The van der Waals surface area contributed by atoms with Gasteiger partial charge >= 0.3 is 6.18 Å². The SMILES string of the molecule is O=C(Nc1ccc2c(c1)S(=O)(=O)N(c1ccc(C(F)(F)F)cc1)CCO2)c1cccc(CO)n1. The lowest BCUT2D eigenvalue weighted by molar-refractivity contribution is -0.137. The van der Waals surface area contributed by atoms with E-state index in [1.807, 2.05) is 0 Å². The van der Waals surface area contributed by atoms with Gasteiger partial charge in [0.25, 0.3) is 15.9 Å². The molecular weight excluding hydrogens is 475 g/mol. The molecule has 0 saturated carbocycles. The summed E-state index contributed by atoms with van der Waals surface area (Å²) >= 11 is 0. The standard InChI is InChI=1S/C22H18F3N3O5S/c23-22(24,25)14-4-7-17(8-5-14)28-10-11-33-19-9-6-15(12-20(19)34(28,31)32)27-21(30)18-3-1-2-16(13-29)26-18/h1-9,12,29H,10-11,13H2,(H,27,30). The zero-order valence-electron chi connectivity index (χ0n) is 17.4. The van der Waals surface area contributed by atoms with Crippen molar-refractivity contribution >= 4 is 27.3 Å². The molecule has 0 saturated heterocycles. The van der Waals surface area contributed by atoms with Crippen molar-refractivity contribution in [3.05, 3.63) is 77.6 Å². The number of amides is 1. The molecule has 1 aliphatic rings. The van der Waals surface area contributed by atoms with Gasteiger partial charge in [0.15, 0.2) is 0 Å². The Balaban J connectivity index is 1.65. The average Bonchev–Trinajstić information content (AvgIpc) is 2.94. The Morgan fingerprint density at radius 1 is 1.12 bits per heavy atom. The van der Waals surface area contributed by atoms with Crippen LogP contribution < -0.4 is 14.4 Å². The van der Waals surface area contributed by atoms with Gasteiger partial charge in [-0.2, -0.15) is 13.2 Å². The average molecular weight is 493 g/mol. The zero-order chi connectivity index (χ0) is 24.5. The lowest BCUT2D eigenvalue weighted by Crippen LogP contribution is -2.32. The number of nitrogens with zero attached hydrogens (tertiary/aromatic N) is 2. The monoisotopic (exact) mass is 493 g/mol. The molecule has 1 aliphatic heterocycles. The maximum atomic E-state index is 13.4. The number of anilines is 2. The number of aliphatic hydroxyl groups is 1. The predicted molar refractivity (Wildman–Crippen MR) is 116 cm³/mol. The van der Waals surface area contributed by atoms with Crippen LogP contribution in [0.4, 0.5) is 24.5 Å². The first-order valence-corrected chi connectivity index (χ1v) is 11.4. The number of carbonyl (C=O) groups excluding carboxylic acids is 1. The van der Waals surface area contributed by atoms with E-state index in [9.17, 15) is 31.5 Å². The lowest BCUT2D eigenvalue weighted by Gasteiger charge is -2.22. The molecule has 0 unspecified atom stereocenters. The molecule has 0 aliphatic carbocycles. The van der Waals surface area contributed by atoms with Crippen LogP contribution in [0.5, 0.6) is 5.75 Å². The smallest absolute Gasteiger partial charge is 0.416 e. The van der Waals surface area contributed by atoms with Crippen molar-refractivity contribution in [1.82, 2.24) is 4.98 Å². The van der Waals surface area contributed by atoms with Crippen molar-refractivity contribution < 1.29 is 36.2 Å². The highest BCUT2D eigenvalue weighted by molar-refractivity contribution is 7.93. The summed E-state index contributed by atoms with van der Waals surface area (Å²) in [4.78, 5) is 16.3. The van der Waals surface area contributed by atoms with Crippen molar-refractivity contribution in [2.24, 2.45) is 0 Å². The van der Waals surface area contributed by atoms with Crippen LogP contribution in [-0.4, -0.2) is 37.6 Å². The molecule has 0 fully saturated rings. The highest BCUT2D eigenvalue weighted by Gasteiger charge is 2.33. The number of carbonyl (C=O) groups is 1. The fourth-order valence-electron chi connectivity index (χ4n) is 3.36. The predicted octanol–water partition coefficient (Wildman–Crippen LogP) is 3.43. The Kier molecular flexibility index (Phi) is 6.19. The largest absolute Gasteiger partial charge is 0.490 e. The van der Waals surface area contributed by atoms with Gasteiger partial charge in [-0.05, 0) is 54.6 Å². The van der Waals surface area contributed by atoms with E-state index in [0.29, 0.717) is 0 Å². The number of benzene rings is 2. The maximum Gasteiger partial charge on any atom is 0.416 e. The summed E-state index contributed by atoms with van der Waals surface area (Å²) in [5.74, 6) is -0.574. The van der Waals surface area contributed by atoms with Gasteiger partial charge in [0.05, 0.1) is 30.1 Å². The van der Waals surface area contributed by atoms with E-state index in [4.69, 9.17) is 4.74 Å². The van der Waals surface area contributed by atoms with Crippen LogP contribution in [0.1, 0.15) is 21.7 Å². The van der Waals surface area contributed by atoms with Gasteiger partial charge < -0.3 is 15.2 Å². The highest BCUT2D eigenvalue weighted by Crippen LogP contribution is 2.36. The van der Waals surface area contributed by atoms with E-state index in [0.717, 1.165) is 28.6 Å². The number of aliphatic hydroxyl groups excluding tert-OH is 1. The third-order valence-electron chi connectivity index (χ3n) is 5.01. The van der Waals surface area contributed by atoms with Crippen LogP contribution >= 0.6 is 0 Å². The number of sulfonamides is 1.